The molecule has 21 heavy (non-hydrogen) atoms. The fraction of sp³-hybridized carbons (Fsp3) is 0.875. The Morgan fingerprint density at radius 1 is 1.24 bits per heavy atom. The normalized spacial score (nSPS) is 12.8. The van der Waals surface area contributed by atoms with E-state index in [1.165, 1.54) is 17.7 Å². The Hall–Kier alpha value is -1.26. The lowest BCUT2D eigenvalue weighted by Gasteiger charge is -2.30. The van der Waals surface area contributed by atoms with Crippen molar-refractivity contribution in [1.82, 2.24) is 10.2 Å². The molecule has 0 aromatic carbocycles. The fourth-order valence-electron chi connectivity index (χ4n) is 2.15. The van der Waals surface area contributed by atoms with Crippen LogP contribution in [0.2, 0.25) is 0 Å². The number of nitrogens with zero attached hydrogens (tertiary/aromatic N) is 1. The van der Waals surface area contributed by atoms with Crippen LogP contribution in [-0.4, -0.2) is 41.1 Å². The molecule has 124 valence electrons. The number of hydrogen-bond acceptors (Lipinski definition) is 2. The van der Waals surface area contributed by atoms with E-state index < -0.39 is 5.97 Å². The Morgan fingerprint density at radius 3 is 2.33 bits per heavy atom. The van der Waals surface area contributed by atoms with Crippen molar-refractivity contribution < 1.29 is 14.7 Å². The third kappa shape index (κ3) is 8.58. The number of carbonyl (C=O) groups is 2. The number of carboxylic acid groups (broad SMARTS) is 1. The first-order valence-corrected chi connectivity index (χ1v) is 7.99. The zero-order chi connectivity index (χ0) is 16.5. The summed E-state index contributed by atoms with van der Waals surface area (Å²) in [6, 6.07) is -0.361. The molecule has 0 aromatic rings. The summed E-state index contributed by atoms with van der Waals surface area (Å²) in [5, 5.41) is 11.8. The highest BCUT2D eigenvalue weighted by Gasteiger charge is 2.24. The quantitative estimate of drug-likeness (QED) is 0.607. The Balaban J connectivity index is 4.44. The molecular weight excluding hydrogens is 268 g/mol. The maximum absolute atomic E-state index is 12.2. The summed E-state index contributed by atoms with van der Waals surface area (Å²) in [4.78, 5) is 24.5. The van der Waals surface area contributed by atoms with Crippen LogP contribution >= 0.6 is 0 Å². The molecule has 1 atom stereocenters. The van der Waals surface area contributed by atoms with Crippen molar-refractivity contribution in [2.24, 2.45) is 5.41 Å². The second-order valence-electron chi connectivity index (χ2n) is 6.56. The zero-order valence-corrected chi connectivity index (χ0v) is 14.2. The van der Waals surface area contributed by atoms with Crippen LogP contribution in [0.4, 0.5) is 4.79 Å². The van der Waals surface area contributed by atoms with Gasteiger partial charge in [0.1, 0.15) is 6.54 Å². The Morgan fingerprint density at radius 2 is 1.86 bits per heavy atom. The van der Waals surface area contributed by atoms with Gasteiger partial charge in [-0.05, 0) is 25.2 Å². The number of hydrogen-bond donors (Lipinski definition) is 2. The minimum absolute atomic E-state index is 0.0369. The lowest BCUT2D eigenvalue weighted by Crippen LogP contribution is -2.49. The second-order valence-corrected chi connectivity index (χ2v) is 6.56. The van der Waals surface area contributed by atoms with Crippen molar-refractivity contribution in [2.75, 3.05) is 13.1 Å². The number of urea groups is 1. The molecule has 0 heterocycles. The van der Waals surface area contributed by atoms with Gasteiger partial charge in [0.2, 0.25) is 0 Å². The summed E-state index contributed by atoms with van der Waals surface area (Å²) in [7, 11) is 0. The zero-order valence-electron chi connectivity index (χ0n) is 14.2. The van der Waals surface area contributed by atoms with Crippen molar-refractivity contribution in [1.29, 1.82) is 0 Å². The van der Waals surface area contributed by atoms with Crippen molar-refractivity contribution in [2.45, 2.75) is 72.8 Å². The smallest absolute Gasteiger partial charge is 0.323 e. The van der Waals surface area contributed by atoms with Crippen molar-refractivity contribution in [3.63, 3.8) is 0 Å². The summed E-state index contributed by atoms with van der Waals surface area (Å²) < 4.78 is 0. The topological polar surface area (TPSA) is 69.6 Å². The van der Waals surface area contributed by atoms with Crippen LogP contribution in [0.1, 0.15) is 66.7 Å². The summed E-state index contributed by atoms with van der Waals surface area (Å²) in [6.07, 6.45) is 5.34. The van der Waals surface area contributed by atoms with Crippen LogP contribution in [-0.2, 0) is 4.79 Å². The third-order valence-electron chi connectivity index (χ3n) is 3.86. The van der Waals surface area contributed by atoms with E-state index in [0.717, 1.165) is 19.3 Å². The summed E-state index contributed by atoms with van der Waals surface area (Å²) in [5.74, 6) is -0.979. The van der Waals surface area contributed by atoms with Gasteiger partial charge in [-0.15, -0.1) is 0 Å². The van der Waals surface area contributed by atoms with Gasteiger partial charge >= 0.3 is 12.0 Å². The molecule has 0 aromatic heterocycles. The van der Waals surface area contributed by atoms with Crippen LogP contribution in [0.5, 0.6) is 0 Å². The van der Waals surface area contributed by atoms with Crippen LogP contribution in [0.25, 0.3) is 0 Å². The van der Waals surface area contributed by atoms with Gasteiger partial charge in [0, 0.05) is 12.6 Å². The van der Waals surface area contributed by atoms with E-state index in [1.54, 1.807) is 0 Å². The summed E-state index contributed by atoms with van der Waals surface area (Å²) in [5.41, 5.74) is 0.0369. The van der Waals surface area contributed by atoms with Gasteiger partial charge in [-0.1, -0.05) is 47.0 Å². The van der Waals surface area contributed by atoms with Crippen LogP contribution in [0, 0.1) is 5.41 Å². The molecule has 0 aliphatic heterocycles. The molecule has 0 aliphatic carbocycles. The highest BCUT2D eigenvalue weighted by atomic mass is 16.4. The number of rotatable bonds is 10. The van der Waals surface area contributed by atoms with Crippen LogP contribution < -0.4 is 5.32 Å². The molecule has 0 fully saturated rings. The van der Waals surface area contributed by atoms with E-state index in [1.807, 2.05) is 13.8 Å². The SMILES string of the molecule is CCCCCC(C)(C)CNC(=O)N(CC(=O)O)C(C)CC. The molecule has 0 rings (SSSR count). The molecule has 0 radical (unpaired) electrons. The van der Waals surface area contributed by atoms with E-state index >= 15 is 0 Å². The predicted octanol–water partition coefficient (Wildman–Crippen LogP) is 3.49. The molecule has 2 N–H and O–H groups in total. The second kappa shape index (κ2) is 9.64. The summed E-state index contributed by atoms with van der Waals surface area (Å²) in [6.45, 7) is 10.6. The molecule has 5 heteroatoms. The maximum Gasteiger partial charge on any atom is 0.323 e. The summed E-state index contributed by atoms with van der Waals surface area (Å²) >= 11 is 0. The molecule has 1 unspecified atom stereocenters. The number of amides is 2. The first-order chi connectivity index (χ1) is 9.73. The molecule has 0 saturated carbocycles. The van der Waals surface area contributed by atoms with Crippen molar-refractivity contribution >= 4 is 12.0 Å². The van der Waals surface area contributed by atoms with Gasteiger partial charge in [0.05, 0.1) is 0 Å². The molecule has 2 amide bonds. The molecule has 0 aliphatic rings. The van der Waals surface area contributed by atoms with Crippen molar-refractivity contribution in [3.8, 4) is 0 Å². The minimum Gasteiger partial charge on any atom is -0.480 e. The average molecular weight is 300 g/mol. The number of unbranched alkanes of at least 4 members (excludes halogenated alkanes) is 2. The van der Waals surface area contributed by atoms with E-state index in [-0.39, 0.29) is 24.0 Å². The molecular formula is C16H32N2O3. The first kappa shape index (κ1) is 19.7. The van der Waals surface area contributed by atoms with Crippen LogP contribution in [0.3, 0.4) is 0 Å². The monoisotopic (exact) mass is 300 g/mol. The molecule has 0 saturated heterocycles. The lowest BCUT2D eigenvalue weighted by atomic mass is 9.87. The fourth-order valence-corrected chi connectivity index (χ4v) is 2.15. The molecule has 5 nitrogen and oxygen atoms in total. The van der Waals surface area contributed by atoms with E-state index in [9.17, 15) is 9.59 Å². The Bertz CT molecular complexity index is 329. The number of carboxylic acids is 1. The third-order valence-corrected chi connectivity index (χ3v) is 3.86. The van der Waals surface area contributed by atoms with E-state index in [4.69, 9.17) is 5.11 Å². The van der Waals surface area contributed by atoms with Crippen LogP contribution in [0.15, 0.2) is 0 Å². The minimum atomic E-state index is -0.979. The van der Waals surface area contributed by atoms with E-state index in [0.29, 0.717) is 6.54 Å². The van der Waals surface area contributed by atoms with Crippen molar-refractivity contribution in [3.05, 3.63) is 0 Å². The van der Waals surface area contributed by atoms with E-state index in [2.05, 4.69) is 26.1 Å². The highest BCUT2D eigenvalue weighted by Crippen LogP contribution is 2.22. The number of carbonyl (C=O) groups excluding carboxylic acids is 1. The van der Waals surface area contributed by atoms with Gasteiger partial charge in [-0.3, -0.25) is 4.79 Å². The number of nitrogens with one attached hydrogen (secondary N) is 1. The average Bonchev–Trinajstić information content (AvgIpc) is 2.41. The molecule has 0 spiro atoms. The largest absolute Gasteiger partial charge is 0.480 e. The number of aliphatic carboxylic acids is 1. The maximum atomic E-state index is 12.2. The lowest BCUT2D eigenvalue weighted by molar-refractivity contribution is -0.138. The van der Waals surface area contributed by atoms with Gasteiger partial charge < -0.3 is 15.3 Å². The van der Waals surface area contributed by atoms with Gasteiger partial charge in [-0.25, -0.2) is 4.79 Å². The Labute approximate surface area is 129 Å². The Kier molecular flexibility index (Phi) is 9.06. The van der Waals surface area contributed by atoms with Gasteiger partial charge in [-0.2, -0.15) is 0 Å². The van der Waals surface area contributed by atoms with Gasteiger partial charge in [0.15, 0.2) is 0 Å². The molecule has 0 bridgehead atoms. The van der Waals surface area contributed by atoms with Gasteiger partial charge in [0.25, 0.3) is 0 Å². The predicted molar refractivity (Wildman–Crippen MR) is 85.4 cm³/mol. The standard InChI is InChI=1S/C16H32N2O3/c1-6-8-9-10-16(4,5)12-17-15(21)18(11-14(19)20)13(3)7-2/h13H,6-12H2,1-5H3,(H,17,21)(H,19,20). The first-order valence-electron chi connectivity index (χ1n) is 7.99. The highest BCUT2D eigenvalue weighted by molar-refractivity contribution is 5.80.